The first-order valence-corrected chi connectivity index (χ1v) is 6.28. The van der Waals surface area contributed by atoms with Gasteiger partial charge in [-0.1, -0.05) is 18.2 Å². The highest BCUT2D eigenvalue weighted by molar-refractivity contribution is 5.77. The summed E-state index contributed by atoms with van der Waals surface area (Å²) in [5.74, 6) is -0.678. The van der Waals surface area contributed by atoms with E-state index in [9.17, 15) is 9.18 Å². The van der Waals surface area contributed by atoms with Gasteiger partial charge in [-0.3, -0.25) is 9.78 Å². The van der Waals surface area contributed by atoms with Crippen molar-refractivity contribution in [1.29, 1.82) is 0 Å². The Bertz CT molecular complexity index is 561. The molecule has 1 aromatic heterocycles. The number of carbonyl (C=O) groups excluding carboxylic acids is 1. The second-order valence-corrected chi connectivity index (χ2v) is 4.18. The molecule has 0 unspecified atom stereocenters. The van der Waals surface area contributed by atoms with Gasteiger partial charge in [0.15, 0.2) is 18.2 Å². The molecule has 0 saturated heterocycles. The van der Waals surface area contributed by atoms with Gasteiger partial charge in [-0.2, -0.15) is 0 Å². The van der Waals surface area contributed by atoms with Crippen molar-refractivity contribution in [2.45, 2.75) is 6.42 Å². The topological polar surface area (TPSA) is 51.2 Å². The Balaban J connectivity index is 1.70. The first-order valence-electron chi connectivity index (χ1n) is 6.28. The lowest BCUT2D eigenvalue weighted by molar-refractivity contribution is -0.123. The van der Waals surface area contributed by atoms with Gasteiger partial charge in [-0.25, -0.2) is 4.39 Å². The van der Waals surface area contributed by atoms with Crippen LogP contribution in [0.15, 0.2) is 48.8 Å². The van der Waals surface area contributed by atoms with E-state index >= 15 is 0 Å². The average Bonchev–Trinajstić information content (AvgIpc) is 2.47. The van der Waals surface area contributed by atoms with E-state index in [0.29, 0.717) is 13.0 Å². The number of rotatable bonds is 6. The number of amides is 1. The summed E-state index contributed by atoms with van der Waals surface area (Å²) in [7, 11) is 0. The number of para-hydroxylation sites is 1. The largest absolute Gasteiger partial charge is 0.481 e. The molecular weight excluding hydrogens is 259 g/mol. The smallest absolute Gasteiger partial charge is 0.257 e. The summed E-state index contributed by atoms with van der Waals surface area (Å²) in [5.41, 5.74) is 1.04. The molecule has 0 aliphatic heterocycles. The minimum absolute atomic E-state index is 0.0786. The van der Waals surface area contributed by atoms with Crippen molar-refractivity contribution in [2.75, 3.05) is 13.2 Å². The van der Waals surface area contributed by atoms with Crippen LogP contribution >= 0.6 is 0 Å². The number of ether oxygens (including phenoxy) is 1. The van der Waals surface area contributed by atoms with Crippen LogP contribution in [-0.2, 0) is 11.2 Å². The zero-order chi connectivity index (χ0) is 14.2. The standard InChI is InChI=1S/C15H15FN2O2/c16-13-5-1-2-6-14(13)20-11-15(19)18-9-7-12-4-3-8-17-10-12/h1-6,8,10H,7,9,11H2,(H,18,19). The van der Waals surface area contributed by atoms with E-state index in [1.165, 1.54) is 12.1 Å². The highest BCUT2D eigenvalue weighted by atomic mass is 19.1. The molecule has 1 aromatic carbocycles. The van der Waals surface area contributed by atoms with Crippen LogP contribution in [0.2, 0.25) is 0 Å². The second kappa shape index (κ2) is 7.23. The van der Waals surface area contributed by atoms with Gasteiger partial charge in [-0.05, 0) is 30.2 Å². The molecule has 0 spiro atoms. The average molecular weight is 274 g/mol. The number of aromatic nitrogens is 1. The van der Waals surface area contributed by atoms with Gasteiger partial charge in [0, 0.05) is 18.9 Å². The van der Waals surface area contributed by atoms with Gasteiger partial charge in [0.1, 0.15) is 0 Å². The van der Waals surface area contributed by atoms with E-state index in [2.05, 4.69) is 10.3 Å². The van der Waals surface area contributed by atoms with Crippen molar-refractivity contribution < 1.29 is 13.9 Å². The van der Waals surface area contributed by atoms with Crippen LogP contribution in [0.3, 0.4) is 0 Å². The predicted octanol–water partition coefficient (Wildman–Crippen LogP) is 1.96. The molecule has 0 radical (unpaired) electrons. The molecule has 5 heteroatoms. The number of benzene rings is 1. The van der Waals surface area contributed by atoms with Gasteiger partial charge in [0.25, 0.3) is 5.91 Å². The molecule has 0 saturated carbocycles. The van der Waals surface area contributed by atoms with Gasteiger partial charge < -0.3 is 10.1 Å². The molecule has 0 atom stereocenters. The second-order valence-electron chi connectivity index (χ2n) is 4.18. The SMILES string of the molecule is O=C(COc1ccccc1F)NCCc1cccnc1. The van der Waals surface area contributed by atoms with E-state index < -0.39 is 5.82 Å². The lowest BCUT2D eigenvalue weighted by atomic mass is 10.2. The normalized spacial score (nSPS) is 10.1. The third kappa shape index (κ3) is 4.35. The zero-order valence-corrected chi connectivity index (χ0v) is 10.9. The van der Waals surface area contributed by atoms with Crippen molar-refractivity contribution in [3.05, 3.63) is 60.2 Å². The Morgan fingerprint density at radius 3 is 2.85 bits per heavy atom. The Hall–Kier alpha value is -2.43. The number of pyridine rings is 1. The Labute approximate surface area is 116 Å². The molecule has 0 aliphatic carbocycles. The summed E-state index contributed by atoms with van der Waals surface area (Å²) >= 11 is 0. The van der Waals surface area contributed by atoms with E-state index in [0.717, 1.165) is 5.56 Å². The number of nitrogens with zero attached hydrogens (tertiary/aromatic N) is 1. The Morgan fingerprint density at radius 1 is 1.25 bits per heavy atom. The molecule has 0 bridgehead atoms. The van der Waals surface area contributed by atoms with Crippen molar-refractivity contribution in [3.63, 3.8) is 0 Å². The summed E-state index contributed by atoms with van der Waals surface area (Å²) in [6.07, 6.45) is 4.14. The Kier molecular flexibility index (Phi) is 5.06. The molecule has 2 rings (SSSR count). The summed E-state index contributed by atoms with van der Waals surface area (Å²) in [6.45, 7) is 0.291. The maximum atomic E-state index is 13.2. The number of carbonyl (C=O) groups is 1. The molecule has 1 N–H and O–H groups in total. The maximum Gasteiger partial charge on any atom is 0.257 e. The summed E-state index contributed by atoms with van der Waals surface area (Å²) in [6, 6.07) is 9.77. The maximum absolute atomic E-state index is 13.2. The fraction of sp³-hybridized carbons (Fsp3) is 0.200. The predicted molar refractivity (Wildman–Crippen MR) is 72.8 cm³/mol. The number of halogens is 1. The van der Waals surface area contributed by atoms with Crippen LogP contribution in [0.5, 0.6) is 5.75 Å². The molecule has 0 fully saturated rings. The fourth-order valence-electron chi connectivity index (χ4n) is 1.65. The molecule has 1 heterocycles. The minimum atomic E-state index is -0.476. The van der Waals surface area contributed by atoms with E-state index in [1.807, 2.05) is 12.1 Å². The molecule has 2 aromatic rings. The Morgan fingerprint density at radius 2 is 2.10 bits per heavy atom. The van der Waals surface area contributed by atoms with Crippen molar-refractivity contribution in [3.8, 4) is 5.75 Å². The lowest BCUT2D eigenvalue weighted by Crippen LogP contribution is -2.30. The third-order valence-electron chi connectivity index (χ3n) is 2.65. The van der Waals surface area contributed by atoms with Crippen LogP contribution in [-0.4, -0.2) is 24.0 Å². The highest BCUT2D eigenvalue weighted by Gasteiger charge is 2.05. The molecule has 1 amide bonds. The number of nitrogens with one attached hydrogen (secondary N) is 1. The fourth-order valence-corrected chi connectivity index (χ4v) is 1.65. The number of hydrogen-bond acceptors (Lipinski definition) is 3. The number of hydrogen-bond donors (Lipinski definition) is 1. The van der Waals surface area contributed by atoms with Gasteiger partial charge in [0.05, 0.1) is 0 Å². The molecular formula is C15H15FN2O2. The minimum Gasteiger partial charge on any atom is -0.481 e. The van der Waals surface area contributed by atoms with Crippen LogP contribution in [0.25, 0.3) is 0 Å². The first-order chi connectivity index (χ1) is 9.75. The van der Waals surface area contributed by atoms with Crippen LogP contribution in [0.4, 0.5) is 4.39 Å². The van der Waals surface area contributed by atoms with Crippen LogP contribution in [0.1, 0.15) is 5.56 Å². The van der Waals surface area contributed by atoms with Crippen LogP contribution in [0, 0.1) is 5.82 Å². The molecule has 4 nitrogen and oxygen atoms in total. The van der Waals surface area contributed by atoms with Gasteiger partial charge in [-0.15, -0.1) is 0 Å². The van der Waals surface area contributed by atoms with E-state index in [1.54, 1.807) is 24.5 Å². The highest BCUT2D eigenvalue weighted by Crippen LogP contribution is 2.14. The first kappa shape index (κ1) is 14.0. The van der Waals surface area contributed by atoms with Crippen molar-refractivity contribution in [2.24, 2.45) is 0 Å². The van der Waals surface area contributed by atoms with E-state index in [-0.39, 0.29) is 18.3 Å². The monoisotopic (exact) mass is 274 g/mol. The summed E-state index contributed by atoms with van der Waals surface area (Å²) < 4.78 is 18.4. The van der Waals surface area contributed by atoms with Gasteiger partial charge >= 0.3 is 0 Å². The quantitative estimate of drug-likeness (QED) is 0.876. The molecule has 20 heavy (non-hydrogen) atoms. The van der Waals surface area contributed by atoms with Crippen molar-refractivity contribution >= 4 is 5.91 Å². The molecule has 104 valence electrons. The third-order valence-corrected chi connectivity index (χ3v) is 2.65. The van der Waals surface area contributed by atoms with Gasteiger partial charge in [0.2, 0.25) is 0 Å². The summed E-state index contributed by atoms with van der Waals surface area (Å²) in [5, 5.41) is 2.71. The van der Waals surface area contributed by atoms with Crippen molar-refractivity contribution in [1.82, 2.24) is 10.3 Å². The van der Waals surface area contributed by atoms with Crippen LogP contribution < -0.4 is 10.1 Å². The van der Waals surface area contributed by atoms with E-state index in [4.69, 9.17) is 4.74 Å². The molecule has 0 aliphatic rings. The summed E-state index contributed by atoms with van der Waals surface area (Å²) in [4.78, 5) is 15.5. The zero-order valence-electron chi connectivity index (χ0n) is 10.9. The lowest BCUT2D eigenvalue weighted by Gasteiger charge is -2.08.